The lowest BCUT2D eigenvalue weighted by Gasteiger charge is -2.21. The van der Waals surface area contributed by atoms with Gasteiger partial charge in [-0.2, -0.15) is 0 Å². The van der Waals surface area contributed by atoms with E-state index in [1.165, 1.54) is 24.3 Å². The molecule has 0 saturated carbocycles. The summed E-state index contributed by atoms with van der Waals surface area (Å²) in [5.41, 5.74) is 0.762. The molecule has 1 unspecified atom stereocenters. The molecule has 0 radical (unpaired) electrons. The quantitative estimate of drug-likeness (QED) is 0.463. The smallest absolute Gasteiger partial charge is 0.303 e. The van der Waals surface area contributed by atoms with Crippen LogP contribution in [0.2, 0.25) is 5.02 Å². The Morgan fingerprint density at radius 3 is 2.38 bits per heavy atom. The van der Waals surface area contributed by atoms with Crippen LogP contribution in [0, 0.1) is 0 Å². The van der Waals surface area contributed by atoms with Crippen molar-refractivity contribution in [3.8, 4) is 5.75 Å². The summed E-state index contributed by atoms with van der Waals surface area (Å²) in [5.74, 6) is -0.185. The number of aliphatic carboxylic acids is 1. The number of sulfonamides is 1. The fraction of sp³-hybridized carbons (Fsp3) is 0.381. The number of nitrogens with one attached hydrogen (secondary N) is 1. The highest BCUT2D eigenvalue weighted by Crippen LogP contribution is 2.30. The third-order valence-corrected chi connectivity index (χ3v) is 6.31. The van der Waals surface area contributed by atoms with E-state index in [0.29, 0.717) is 23.6 Å². The molecule has 0 aliphatic heterocycles. The van der Waals surface area contributed by atoms with Crippen LogP contribution in [0.15, 0.2) is 53.4 Å². The van der Waals surface area contributed by atoms with E-state index in [-0.39, 0.29) is 11.3 Å². The molecule has 0 spiro atoms. The van der Waals surface area contributed by atoms with Crippen LogP contribution in [-0.4, -0.2) is 26.6 Å². The number of methoxy groups -OCH3 is 1. The zero-order valence-electron chi connectivity index (χ0n) is 16.3. The van der Waals surface area contributed by atoms with Crippen LogP contribution in [0.1, 0.15) is 50.1 Å². The summed E-state index contributed by atoms with van der Waals surface area (Å²) in [4.78, 5) is 10.8. The van der Waals surface area contributed by atoms with Gasteiger partial charge in [-0.1, -0.05) is 49.1 Å². The van der Waals surface area contributed by atoms with Crippen molar-refractivity contribution >= 4 is 27.6 Å². The summed E-state index contributed by atoms with van der Waals surface area (Å²) in [7, 11) is -2.20. The van der Waals surface area contributed by atoms with E-state index in [2.05, 4.69) is 4.72 Å². The van der Waals surface area contributed by atoms with Gasteiger partial charge in [0, 0.05) is 17.0 Å². The summed E-state index contributed by atoms with van der Waals surface area (Å²) in [6, 6.07) is 12.9. The lowest BCUT2D eigenvalue weighted by Crippen LogP contribution is -2.29. The van der Waals surface area contributed by atoms with Crippen molar-refractivity contribution in [2.75, 3.05) is 7.11 Å². The Morgan fingerprint density at radius 1 is 1.07 bits per heavy atom. The molecule has 0 saturated heterocycles. The number of carboxylic acid groups (broad SMARTS) is 1. The molecule has 2 rings (SSSR count). The van der Waals surface area contributed by atoms with Crippen molar-refractivity contribution < 1.29 is 23.1 Å². The van der Waals surface area contributed by atoms with Crippen molar-refractivity contribution in [2.45, 2.75) is 49.5 Å². The fourth-order valence-electron chi connectivity index (χ4n) is 3.08. The predicted octanol–water partition coefficient (Wildman–Crippen LogP) is 4.79. The average Bonchev–Trinajstić information content (AvgIpc) is 2.69. The third kappa shape index (κ3) is 7.34. The van der Waals surface area contributed by atoms with Gasteiger partial charge in [-0.3, -0.25) is 4.79 Å². The number of para-hydroxylation sites is 1. The molecule has 0 bridgehead atoms. The number of rotatable bonds is 12. The van der Waals surface area contributed by atoms with Crippen LogP contribution < -0.4 is 9.46 Å². The average molecular weight is 440 g/mol. The van der Waals surface area contributed by atoms with E-state index in [1.807, 2.05) is 18.2 Å². The Hall–Kier alpha value is -2.09. The van der Waals surface area contributed by atoms with Gasteiger partial charge in [-0.25, -0.2) is 13.1 Å². The first-order valence-corrected chi connectivity index (χ1v) is 11.3. The monoisotopic (exact) mass is 439 g/mol. The minimum atomic E-state index is -3.75. The van der Waals surface area contributed by atoms with Gasteiger partial charge in [0.15, 0.2) is 0 Å². The van der Waals surface area contributed by atoms with Crippen molar-refractivity contribution in [1.29, 1.82) is 0 Å². The molecule has 0 heterocycles. The minimum Gasteiger partial charge on any atom is -0.496 e. The second-order valence-corrected chi connectivity index (χ2v) is 8.87. The summed E-state index contributed by atoms with van der Waals surface area (Å²) in [6.45, 7) is 0. The molecule has 2 N–H and O–H groups in total. The van der Waals surface area contributed by atoms with Gasteiger partial charge in [0.05, 0.1) is 18.0 Å². The predicted molar refractivity (Wildman–Crippen MR) is 113 cm³/mol. The standard InChI is InChI=1S/C21H26ClNO5S/c1-28-20-10-7-6-8-18(20)19(9-4-2-3-5-11-21(24)25)23-29(26,27)17-14-12-16(22)13-15-17/h6-8,10,12-15,19,23H,2-5,9,11H2,1H3,(H,24,25). The Balaban J connectivity index is 2.14. The van der Waals surface area contributed by atoms with Crippen LogP contribution in [0.3, 0.4) is 0 Å². The van der Waals surface area contributed by atoms with E-state index in [0.717, 1.165) is 24.8 Å². The molecular weight excluding hydrogens is 414 g/mol. The summed E-state index contributed by atoms with van der Waals surface area (Å²) < 4.78 is 34.0. The van der Waals surface area contributed by atoms with E-state index in [4.69, 9.17) is 21.4 Å². The highest BCUT2D eigenvalue weighted by atomic mass is 35.5. The van der Waals surface area contributed by atoms with Gasteiger partial charge >= 0.3 is 5.97 Å². The van der Waals surface area contributed by atoms with Gasteiger partial charge in [0.25, 0.3) is 0 Å². The molecule has 0 aliphatic rings. The Labute approximate surface area is 176 Å². The highest BCUT2D eigenvalue weighted by Gasteiger charge is 2.23. The first kappa shape index (κ1) is 23.2. The van der Waals surface area contributed by atoms with Gasteiger partial charge in [0.2, 0.25) is 10.0 Å². The molecule has 0 amide bonds. The lowest BCUT2D eigenvalue weighted by molar-refractivity contribution is -0.137. The van der Waals surface area contributed by atoms with Crippen LogP contribution in [0.25, 0.3) is 0 Å². The number of carbonyl (C=O) groups is 1. The number of hydrogen-bond donors (Lipinski definition) is 2. The van der Waals surface area contributed by atoms with Gasteiger partial charge in [-0.05, 0) is 43.2 Å². The van der Waals surface area contributed by atoms with Gasteiger partial charge < -0.3 is 9.84 Å². The maximum absolute atomic E-state index is 12.9. The number of ether oxygens (including phenoxy) is 1. The molecule has 158 valence electrons. The zero-order chi connectivity index (χ0) is 21.3. The Bertz CT molecular complexity index is 900. The molecule has 8 heteroatoms. The molecule has 2 aromatic rings. The van der Waals surface area contributed by atoms with Gasteiger partial charge in [0.1, 0.15) is 5.75 Å². The largest absolute Gasteiger partial charge is 0.496 e. The molecule has 0 aliphatic carbocycles. The number of unbranched alkanes of at least 4 members (excludes halogenated alkanes) is 3. The first-order chi connectivity index (χ1) is 13.8. The lowest BCUT2D eigenvalue weighted by atomic mass is 9.99. The van der Waals surface area contributed by atoms with Crippen LogP contribution in [0.4, 0.5) is 0 Å². The molecule has 29 heavy (non-hydrogen) atoms. The number of hydrogen-bond acceptors (Lipinski definition) is 4. The van der Waals surface area contributed by atoms with Crippen molar-refractivity contribution in [2.24, 2.45) is 0 Å². The Kier molecular flexibility index (Phi) is 8.95. The summed E-state index contributed by atoms with van der Waals surface area (Å²) in [5, 5.41) is 9.18. The number of halogens is 1. The normalized spacial score (nSPS) is 12.5. The molecule has 2 aromatic carbocycles. The number of carboxylic acids is 1. The zero-order valence-corrected chi connectivity index (χ0v) is 17.9. The maximum Gasteiger partial charge on any atom is 0.303 e. The molecular formula is C21H26ClNO5S. The molecule has 0 aromatic heterocycles. The molecule has 6 nitrogen and oxygen atoms in total. The van der Waals surface area contributed by atoms with E-state index >= 15 is 0 Å². The maximum atomic E-state index is 12.9. The summed E-state index contributed by atoms with van der Waals surface area (Å²) >= 11 is 5.86. The SMILES string of the molecule is COc1ccccc1C(CCCCCCC(=O)O)NS(=O)(=O)c1ccc(Cl)cc1. The highest BCUT2D eigenvalue weighted by molar-refractivity contribution is 7.89. The van der Waals surface area contributed by atoms with Crippen molar-refractivity contribution in [3.63, 3.8) is 0 Å². The van der Waals surface area contributed by atoms with Crippen molar-refractivity contribution in [1.82, 2.24) is 4.72 Å². The number of benzene rings is 2. The summed E-state index contributed by atoms with van der Waals surface area (Å²) in [6.07, 6.45) is 3.70. The van der Waals surface area contributed by atoms with E-state index < -0.39 is 22.0 Å². The topological polar surface area (TPSA) is 92.7 Å². The van der Waals surface area contributed by atoms with Crippen LogP contribution in [-0.2, 0) is 14.8 Å². The van der Waals surface area contributed by atoms with Crippen molar-refractivity contribution in [3.05, 3.63) is 59.1 Å². The van der Waals surface area contributed by atoms with Gasteiger partial charge in [-0.15, -0.1) is 0 Å². The fourth-order valence-corrected chi connectivity index (χ4v) is 4.46. The third-order valence-electron chi connectivity index (χ3n) is 4.57. The first-order valence-electron chi connectivity index (χ1n) is 9.46. The second kappa shape index (κ2) is 11.2. The second-order valence-electron chi connectivity index (χ2n) is 6.72. The molecule has 0 fully saturated rings. The van der Waals surface area contributed by atoms with E-state index in [1.54, 1.807) is 13.2 Å². The molecule has 1 atom stereocenters. The van der Waals surface area contributed by atoms with E-state index in [9.17, 15) is 13.2 Å². The minimum absolute atomic E-state index is 0.142. The van der Waals surface area contributed by atoms with Crippen LogP contribution >= 0.6 is 11.6 Å². The van der Waals surface area contributed by atoms with Crippen LogP contribution in [0.5, 0.6) is 5.75 Å². The Morgan fingerprint density at radius 2 is 1.72 bits per heavy atom.